The molecule has 2 aromatic rings. The lowest BCUT2D eigenvalue weighted by molar-refractivity contribution is 0.483. The highest BCUT2D eigenvalue weighted by Gasteiger charge is 2.13. The molecule has 0 aromatic heterocycles. The smallest absolute Gasteiger partial charge is 0.152 e. The largest absolute Gasteiger partial charge is 0.454 e. The van der Waals surface area contributed by atoms with Gasteiger partial charge in [-0.1, -0.05) is 46.4 Å². The van der Waals surface area contributed by atoms with E-state index in [4.69, 9.17) is 51.1 Å². The molecular formula is C14H11Cl4NO. The average Bonchev–Trinajstić information content (AvgIpc) is 2.36. The maximum atomic E-state index is 6.10. The number of hydrogen-bond donors (Lipinski definition) is 0. The van der Waals surface area contributed by atoms with Gasteiger partial charge >= 0.3 is 0 Å². The van der Waals surface area contributed by atoms with Gasteiger partial charge in [-0.3, -0.25) is 0 Å². The van der Waals surface area contributed by atoms with Crippen LogP contribution in [0, 0.1) is 0 Å². The third-order valence-electron chi connectivity index (χ3n) is 2.60. The number of halogens is 4. The minimum atomic E-state index is 0.414. The zero-order valence-electron chi connectivity index (χ0n) is 10.8. The van der Waals surface area contributed by atoms with E-state index in [2.05, 4.69) is 0 Å². The first-order chi connectivity index (χ1) is 9.38. The Bertz CT molecular complexity index is 643. The van der Waals surface area contributed by atoms with E-state index in [1.165, 1.54) is 0 Å². The van der Waals surface area contributed by atoms with E-state index in [-0.39, 0.29) is 0 Å². The Morgan fingerprint density at radius 1 is 0.800 bits per heavy atom. The van der Waals surface area contributed by atoms with Crippen molar-refractivity contribution in [3.8, 4) is 11.5 Å². The van der Waals surface area contributed by atoms with Crippen LogP contribution in [0.3, 0.4) is 0 Å². The summed E-state index contributed by atoms with van der Waals surface area (Å²) in [5.74, 6) is 1.06. The van der Waals surface area contributed by atoms with Gasteiger partial charge in [0, 0.05) is 25.2 Å². The number of ether oxygens (including phenoxy) is 1. The first-order valence-corrected chi connectivity index (χ1v) is 7.19. The minimum absolute atomic E-state index is 0.414. The van der Waals surface area contributed by atoms with E-state index >= 15 is 0 Å². The van der Waals surface area contributed by atoms with Crippen molar-refractivity contribution in [2.75, 3.05) is 19.0 Å². The number of hydrogen-bond acceptors (Lipinski definition) is 2. The molecule has 0 fully saturated rings. The highest BCUT2D eigenvalue weighted by atomic mass is 35.5. The predicted molar refractivity (Wildman–Crippen MR) is 87.3 cm³/mol. The lowest BCUT2D eigenvalue weighted by atomic mass is 10.2. The van der Waals surface area contributed by atoms with Gasteiger partial charge in [-0.15, -0.1) is 0 Å². The van der Waals surface area contributed by atoms with Crippen LogP contribution in [0.25, 0.3) is 0 Å². The second kappa shape index (κ2) is 6.31. The molecule has 0 aliphatic heterocycles. The van der Waals surface area contributed by atoms with Crippen LogP contribution in [0.5, 0.6) is 11.5 Å². The molecule has 0 N–H and O–H groups in total. The van der Waals surface area contributed by atoms with Gasteiger partial charge in [0.05, 0.1) is 20.8 Å². The SMILES string of the molecule is CN(C)c1cc(Cl)c(Cl)cc1Oc1ccc(Cl)cc1Cl. The van der Waals surface area contributed by atoms with E-state index in [0.29, 0.717) is 31.6 Å². The lowest BCUT2D eigenvalue weighted by Crippen LogP contribution is -2.10. The molecule has 0 spiro atoms. The van der Waals surface area contributed by atoms with Crippen LogP contribution in [-0.4, -0.2) is 14.1 Å². The summed E-state index contributed by atoms with van der Waals surface area (Å²) in [6.07, 6.45) is 0. The molecule has 0 radical (unpaired) electrons. The van der Waals surface area contributed by atoms with Crippen LogP contribution < -0.4 is 9.64 Å². The number of nitrogens with zero attached hydrogens (tertiary/aromatic N) is 1. The van der Waals surface area contributed by atoms with E-state index < -0.39 is 0 Å². The fraction of sp³-hybridized carbons (Fsp3) is 0.143. The van der Waals surface area contributed by atoms with E-state index in [1.807, 2.05) is 19.0 Å². The highest BCUT2D eigenvalue weighted by Crippen LogP contribution is 2.40. The van der Waals surface area contributed by atoms with Crippen LogP contribution in [0.15, 0.2) is 30.3 Å². The standard InChI is InChI=1S/C14H11Cl4NO/c1-19(2)12-6-9(16)10(17)7-14(12)20-13-4-3-8(15)5-11(13)18/h3-7H,1-2H3. The molecule has 20 heavy (non-hydrogen) atoms. The van der Waals surface area contributed by atoms with E-state index in [0.717, 1.165) is 5.69 Å². The van der Waals surface area contributed by atoms with Crippen LogP contribution in [-0.2, 0) is 0 Å². The van der Waals surface area contributed by atoms with Gasteiger partial charge < -0.3 is 9.64 Å². The van der Waals surface area contributed by atoms with Crippen molar-refractivity contribution in [3.05, 3.63) is 50.4 Å². The molecule has 2 aromatic carbocycles. The van der Waals surface area contributed by atoms with E-state index in [9.17, 15) is 0 Å². The minimum Gasteiger partial charge on any atom is -0.454 e. The molecule has 0 amide bonds. The molecule has 0 saturated carbocycles. The number of benzene rings is 2. The number of anilines is 1. The Labute approximate surface area is 137 Å². The van der Waals surface area contributed by atoms with Gasteiger partial charge in [-0.2, -0.15) is 0 Å². The second-order valence-corrected chi connectivity index (χ2v) is 5.96. The van der Waals surface area contributed by atoms with E-state index in [1.54, 1.807) is 30.3 Å². The summed E-state index contributed by atoms with van der Waals surface area (Å²) in [5.41, 5.74) is 0.797. The van der Waals surface area contributed by atoms with Crippen LogP contribution in [0.1, 0.15) is 0 Å². The Hall–Kier alpha value is -0.800. The van der Waals surface area contributed by atoms with Gasteiger partial charge in [-0.05, 0) is 24.3 Å². The van der Waals surface area contributed by atoms with Crippen LogP contribution in [0.2, 0.25) is 20.1 Å². The summed E-state index contributed by atoms with van der Waals surface area (Å²) in [7, 11) is 3.77. The van der Waals surface area contributed by atoms with Crippen molar-refractivity contribution in [2.24, 2.45) is 0 Å². The van der Waals surface area contributed by atoms with Crippen LogP contribution >= 0.6 is 46.4 Å². The third-order valence-corrected chi connectivity index (χ3v) is 3.85. The summed E-state index contributed by atoms with van der Waals surface area (Å²) in [5, 5.41) is 1.85. The van der Waals surface area contributed by atoms with Crippen LogP contribution in [0.4, 0.5) is 5.69 Å². The average molecular weight is 351 g/mol. The molecule has 0 heterocycles. The van der Waals surface area contributed by atoms with Crippen molar-refractivity contribution < 1.29 is 4.74 Å². The second-order valence-electron chi connectivity index (χ2n) is 4.31. The Morgan fingerprint density at radius 3 is 2.05 bits per heavy atom. The van der Waals surface area contributed by atoms with Gasteiger partial charge in [0.15, 0.2) is 5.75 Å². The normalized spacial score (nSPS) is 10.5. The topological polar surface area (TPSA) is 12.5 Å². The van der Waals surface area contributed by atoms with Crippen molar-refractivity contribution in [2.45, 2.75) is 0 Å². The highest BCUT2D eigenvalue weighted by molar-refractivity contribution is 6.42. The molecule has 0 unspecified atom stereocenters. The third kappa shape index (κ3) is 3.44. The lowest BCUT2D eigenvalue weighted by Gasteiger charge is -2.19. The Kier molecular flexibility index (Phi) is 4.92. The molecule has 0 bridgehead atoms. The van der Waals surface area contributed by atoms with Gasteiger partial charge in [0.2, 0.25) is 0 Å². The summed E-state index contributed by atoms with van der Waals surface area (Å²) >= 11 is 24.0. The predicted octanol–water partition coefficient (Wildman–Crippen LogP) is 6.16. The summed E-state index contributed by atoms with van der Waals surface area (Å²) in [6.45, 7) is 0. The zero-order valence-corrected chi connectivity index (χ0v) is 13.8. The zero-order chi connectivity index (χ0) is 14.9. The quantitative estimate of drug-likeness (QED) is 0.657. The van der Waals surface area contributed by atoms with Crippen molar-refractivity contribution in [1.29, 1.82) is 0 Å². The first-order valence-electron chi connectivity index (χ1n) is 5.67. The molecule has 2 rings (SSSR count). The van der Waals surface area contributed by atoms with Crippen molar-refractivity contribution in [1.82, 2.24) is 0 Å². The van der Waals surface area contributed by atoms with Gasteiger partial charge in [-0.25, -0.2) is 0 Å². The molecular weight excluding hydrogens is 340 g/mol. The molecule has 0 atom stereocenters. The van der Waals surface area contributed by atoms with Gasteiger partial charge in [0.1, 0.15) is 5.75 Å². The molecule has 2 nitrogen and oxygen atoms in total. The maximum absolute atomic E-state index is 6.10. The molecule has 0 aliphatic carbocycles. The maximum Gasteiger partial charge on any atom is 0.152 e. The first kappa shape index (κ1) is 15.6. The summed E-state index contributed by atoms with van der Waals surface area (Å²) < 4.78 is 5.82. The molecule has 0 saturated heterocycles. The van der Waals surface area contributed by atoms with Crippen molar-refractivity contribution >= 4 is 52.1 Å². The summed E-state index contributed by atoms with van der Waals surface area (Å²) in [6, 6.07) is 8.42. The molecule has 106 valence electrons. The molecule has 6 heteroatoms. The Balaban J connectivity index is 2.44. The fourth-order valence-electron chi connectivity index (χ4n) is 1.63. The monoisotopic (exact) mass is 349 g/mol. The fourth-order valence-corrected chi connectivity index (χ4v) is 2.38. The molecule has 0 aliphatic rings. The Morgan fingerprint density at radius 2 is 1.45 bits per heavy atom. The van der Waals surface area contributed by atoms with Gasteiger partial charge in [0.25, 0.3) is 0 Å². The summed E-state index contributed by atoms with van der Waals surface area (Å²) in [4.78, 5) is 1.88. The van der Waals surface area contributed by atoms with Crippen molar-refractivity contribution in [3.63, 3.8) is 0 Å². The number of rotatable bonds is 3.